The Kier molecular flexibility index (Phi) is 5.22. The fourth-order valence-corrected chi connectivity index (χ4v) is 4.24. The summed E-state index contributed by atoms with van der Waals surface area (Å²) in [4.78, 5) is 22.9. The Morgan fingerprint density at radius 3 is 2.71 bits per heavy atom. The maximum absolute atomic E-state index is 13.1. The summed E-state index contributed by atoms with van der Waals surface area (Å²) in [6.07, 6.45) is 10.1. The molecule has 0 aromatic carbocycles. The number of H-pyrrole nitrogens is 1. The minimum Gasteiger partial charge on any atom is -0.346 e. The third-order valence-electron chi connectivity index (χ3n) is 5.59. The maximum atomic E-state index is 13.1. The van der Waals surface area contributed by atoms with Crippen LogP contribution in [-0.2, 0) is 4.79 Å². The van der Waals surface area contributed by atoms with Crippen LogP contribution >= 0.6 is 0 Å². The van der Waals surface area contributed by atoms with Gasteiger partial charge in [-0.3, -0.25) is 4.79 Å². The average Bonchev–Trinajstić information content (AvgIpc) is 3.05. The molecule has 2 aromatic rings. The summed E-state index contributed by atoms with van der Waals surface area (Å²) >= 11 is 0. The number of amides is 1. The molecule has 0 saturated carbocycles. The number of aromatic nitrogens is 2. The van der Waals surface area contributed by atoms with Crippen LogP contribution in [0.25, 0.3) is 11.0 Å². The Hall–Kier alpha value is -1.84. The predicted octanol–water partition coefficient (Wildman–Crippen LogP) is 4.63. The molecule has 3 atom stereocenters. The largest absolute Gasteiger partial charge is 0.346 e. The molecule has 130 valence electrons. The van der Waals surface area contributed by atoms with E-state index in [2.05, 4.69) is 41.7 Å². The van der Waals surface area contributed by atoms with Gasteiger partial charge in [-0.05, 0) is 55.7 Å². The number of pyridine rings is 1. The van der Waals surface area contributed by atoms with Crippen molar-refractivity contribution < 1.29 is 4.79 Å². The number of rotatable bonds is 5. The summed E-state index contributed by atoms with van der Waals surface area (Å²) in [6, 6.07) is 4.89. The van der Waals surface area contributed by atoms with E-state index in [9.17, 15) is 4.79 Å². The maximum Gasteiger partial charge on any atom is 0.223 e. The summed E-state index contributed by atoms with van der Waals surface area (Å²) in [5, 5.41) is 1.13. The summed E-state index contributed by atoms with van der Waals surface area (Å²) in [5.74, 6) is 0.520. The van der Waals surface area contributed by atoms with Crippen LogP contribution in [0.3, 0.4) is 0 Å². The lowest BCUT2D eigenvalue weighted by Crippen LogP contribution is -2.49. The Morgan fingerprint density at radius 2 is 2.04 bits per heavy atom. The third-order valence-corrected chi connectivity index (χ3v) is 5.59. The minimum atomic E-state index is 0.201. The van der Waals surface area contributed by atoms with Gasteiger partial charge in [0.15, 0.2) is 0 Å². The highest BCUT2D eigenvalue weighted by atomic mass is 16.2. The number of piperidine rings is 1. The van der Waals surface area contributed by atoms with Gasteiger partial charge in [0.1, 0.15) is 5.65 Å². The van der Waals surface area contributed by atoms with Crippen molar-refractivity contribution in [1.82, 2.24) is 14.9 Å². The lowest BCUT2D eigenvalue weighted by atomic mass is 9.90. The highest BCUT2D eigenvalue weighted by molar-refractivity contribution is 5.82. The molecule has 1 amide bonds. The zero-order valence-corrected chi connectivity index (χ0v) is 15.1. The molecule has 0 aliphatic carbocycles. The molecule has 2 aromatic heterocycles. The molecule has 0 radical (unpaired) electrons. The van der Waals surface area contributed by atoms with Gasteiger partial charge in [-0.2, -0.15) is 0 Å². The number of carbonyl (C=O) groups is 1. The Balaban J connectivity index is 1.77. The van der Waals surface area contributed by atoms with Crippen LogP contribution in [0.2, 0.25) is 0 Å². The van der Waals surface area contributed by atoms with E-state index < -0.39 is 0 Å². The first kappa shape index (κ1) is 17.0. The molecule has 0 bridgehead atoms. The number of hydrogen-bond acceptors (Lipinski definition) is 2. The predicted molar refractivity (Wildman–Crippen MR) is 98.0 cm³/mol. The van der Waals surface area contributed by atoms with Crippen LogP contribution in [0, 0.1) is 0 Å². The molecule has 24 heavy (non-hydrogen) atoms. The van der Waals surface area contributed by atoms with Gasteiger partial charge in [0, 0.05) is 36.3 Å². The SMILES string of the molecule is CCC1CCCC(CC)N1C(=O)CC(C)c1c[nH]c2ncccc12. The number of hydrogen-bond donors (Lipinski definition) is 1. The Labute approximate surface area is 144 Å². The lowest BCUT2D eigenvalue weighted by Gasteiger charge is -2.42. The van der Waals surface area contributed by atoms with Crippen LogP contribution in [0.15, 0.2) is 24.5 Å². The number of fused-ring (bicyclic) bond motifs is 1. The summed E-state index contributed by atoms with van der Waals surface area (Å²) in [6.45, 7) is 6.56. The summed E-state index contributed by atoms with van der Waals surface area (Å²) in [7, 11) is 0. The molecule has 1 fully saturated rings. The zero-order valence-electron chi connectivity index (χ0n) is 15.1. The molecule has 1 saturated heterocycles. The number of nitrogens with zero attached hydrogens (tertiary/aromatic N) is 2. The lowest BCUT2D eigenvalue weighted by molar-refractivity contribution is -0.138. The normalized spacial score (nSPS) is 22.7. The minimum absolute atomic E-state index is 0.201. The van der Waals surface area contributed by atoms with Gasteiger partial charge in [-0.25, -0.2) is 4.98 Å². The van der Waals surface area contributed by atoms with Crippen molar-refractivity contribution in [1.29, 1.82) is 0 Å². The van der Waals surface area contributed by atoms with Crippen LogP contribution in [-0.4, -0.2) is 32.9 Å². The quantitative estimate of drug-likeness (QED) is 0.870. The van der Waals surface area contributed by atoms with Crippen molar-refractivity contribution in [3.8, 4) is 0 Å². The van der Waals surface area contributed by atoms with Crippen molar-refractivity contribution in [2.24, 2.45) is 0 Å². The van der Waals surface area contributed by atoms with Crippen LogP contribution in [0.5, 0.6) is 0 Å². The number of carbonyl (C=O) groups excluding carboxylic acids is 1. The van der Waals surface area contributed by atoms with Crippen LogP contribution in [0.4, 0.5) is 0 Å². The van der Waals surface area contributed by atoms with Gasteiger partial charge in [-0.1, -0.05) is 20.8 Å². The first-order valence-electron chi connectivity index (χ1n) is 9.38. The fourth-order valence-electron chi connectivity index (χ4n) is 4.24. The van der Waals surface area contributed by atoms with E-state index in [4.69, 9.17) is 0 Å². The topological polar surface area (TPSA) is 49.0 Å². The van der Waals surface area contributed by atoms with Gasteiger partial charge in [0.2, 0.25) is 5.91 Å². The summed E-state index contributed by atoms with van der Waals surface area (Å²) < 4.78 is 0. The highest BCUT2D eigenvalue weighted by Gasteiger charge is 2.32. The smallest absolute Gasteiger partial charge is 0.223 e. The van der Waals surface area contributed by atoms with Crippen LogP contribution in [0.1, 0.15) is 70.8 Å². The zero-order chi connectivity index (χ0) is 17.1. The molecule has 0 spiro atoms. The van der Waals surface area contributed by atoms with Gasteiger partial charge in [0.05, 0.1) is 0 Å². The molecule has 4 nitrogen and oxygen atoms in total. The number of nitrogens with one attached hydrogen (secondary N) is 1. The van der Waals surface area contributed by atoms with Crippen molar-refractivity contribution in [2.75, 3.05) is 0 Å². The van der Waals surface area contributed by atoms with Gasteiger partial charge < -0.3 is 9.88 Å². The molecule has 1 aliphatic rings. The molecule has 1 N–H and O–H groups in total. The molecule has 1 aliphatic heterocycles. The molecular formula is C20H29N3O. The standard InChI is InChI=1S/C20H29N3O/c1-4-15-8-6-9-16(5-2)23(15)19(24)12-14(3)18-13-22-20-17(18)10-7-11-21-20/h7,10-11,13-16H,4-6,8-9,12H2,1-3H3,(H,21,22). The van der Waals surface area contributed by atoms with E-state index in [-0.39, 0.29) is 5.92 Å². The molecule has 3 rings (SSSR count). The van der Waals surface area contributed by atoms with E-state index >= 15 is 0 Å². The number of aromatic amines is 1. The van der Waals surface area contributed by atoms with Crippen LogP contribution < -0.4 is 0 Å². The van der Waals surface area contributed by atoms with E-state index in [0.717, 1.165) is 36.7 Å². The van der Waals surface area contributed by atoms with E-state index in [0.29, 0.717) is 24.4 Å². The average molecular weight is 327 g/mol. The number of likely N-dealkylation sites (tertiary alicyclic amines) is 1. The van der Waals surface area contributed by atoms with Crippen molar-refractivity contribution in [3.05, 3.63) is 30.1 Å². The van der Waals surface area contributed by atoms with E-state index in [1.165, 1.54) is 12.0 Å². The molecule has 4 heteroatoms. The Morgan fingerprint density at radius 1 is 1.33 bits per heavy atom. The van der Waals surface area contributed by atoms with Crippen molar-refractivity contribution >= 4 is 16.9 Å². The first-order chi connectivity index (χ1) is 11.7. The summed E-state index contributed by atoms with van der Waals surface area (Å²) in [5.41, 5.74) is 2.10. The molecule has 3 unspecified atom stereocenters. The van der Waals surface area contributed by atoms with Crippen molar-refractivity contribution in [3.63, 3.8) is 0 Å². The van der Waals surface area contributed by atoms with Gasteiger partial charge in [-0.15, -0.1) is 0 Å². The fraction of sp³-hybridized carbons (Fsp3) is 0.600. The second-order valence-corrected chi connectivity index (χ2v) is 7.10. The molecular weight excluding hydrogens is 298 g/mol. The molecule has 3 heterocycles. The monoisotopic (exact) mass is 327 g/mol. The van der Waals surface area contributed by atoms with E-state index in [1.807, 2.05) is 12.3 Å². The Bertz CT molecular complexity index is 681. The first-order valence-corrected chi connectivity index (χ1v) is 9.38. The van der Waals surface area contributed by atoms with Gasteiger partial charge in [0.25, 0.3) is 0 Å². The van der Waals surface area contributed by atoms with Crippen molar-refractivity contribution in [2.45, 2.75) is 77.3 Å². The highest BCUT2D eigenvalue weighted by Crippen LogP contribution is 2.31. The second kappa shape index (κ2) is 7.37. The van der Waals surface area contributed by atoms with E-state index in [1.54, 1.807) is 6.20 Å². The second-order valence-electron chi connectivity index (χ2n) is 7.10. The van der Waals surface area contributed by atoms with Gasteiger partial charge >= 0.3 is 0 Å². The third kappa shape index (κ3) is 3.19.